The van der Waals surface area contributed by atoms with E-state index in [0.717, 1.165) is 12.0 Å². The van der Waals surface area contributed by atoms with Gasteiger partial charge in [0.05, 0.1) is 0 Å². The first-order valence-corrected chi connectivity index (χ1v) is 7.93. The van der Waals surface area contributed by atoms with Gasteiger partial charge in [0.25, 0.3) is 0 Å². The highest BCUT2D eigenvalue weighted by Crippen LogP contribution is 2.28. The van der Waals surface area contributed by atoms with Crippen molar-refractivity contribution in [2.45, 2.75) is 71.9 Å². The average Bonchev–Trinajstić information content (AvgIpc) is 2.42. The lowest BCUT2D eigenvalue weighted by Gasteiger charge is -2.31. The summed E-state index contributed by atoms with van der Waals surface area (Å²) in [6, 6.07) is 7.99. The molecule has 1 aromatic rings. The number of hydrogen-bond acceptors (Lipinski definition) is 1. The molecule has 1 nitrogen and oxygen atoms in total. The molecule has 1 aliphatic carbocycles. The number of aryl methyl sites for hydroxylation is 2. The molecule has 0 amide bonds. The molecule has 0 heterocycles. The first-order chi connectivity index (χ1) is 9.10. The Morgan fingerprint density at radius 1 is 1.16 bits per heavy atom. The highest BCUT2D eigenvalue weighted by molar-refractivity contribution is 5.32. The topological polar surface area (TPSA) is 12.0 Å². The monoisotopic (exact) mass is 259 g/mol. The minimum absolute atomic E-state index is 0.475. The lowest BCUT2D eigenvalue weighted by atomic mass is 9.84. The highest BCUT2D eigenvalue weighted by Gasteiger charge is 2.21. The predicted molar refractivity (Wildman–Crippen MR) is 83.5 cm³/mol. The molecule has 1 saturated carbocycles. The summed E-state index contributed by atoms with van der Waals surface area (Å²) in [5, 5.41) is 3.85. The van der Waals surface area contributed by atoms with E-state index in [1.165, 1.54) is 48.8 Å². The second-order valence-electron chi connectivity index (χ2n) is 6.37. The lowest BCUT2D eigenvalue weighted by Crippen LogP contribution is -2.35. The Kier molecular flexibility index (Phi) is 5.04. The van der Waals surface area contributed by atoms with Crippen LogP contribution >= 0.6 is 0 Å². The minimum Gasteiger partial charge on any atom is -0.307 e. The Labute approximate surface area is 118 Å². The van der Waals surface area contributed by atoms with Gasteiger partial charge in [0.1, 0.15) is 0 Å². The average molecular weight is 259 g/mol. The molecule has 1 atom stereocenters. The van der Waals surface area contributed by atoms with E-state index in [4.69, 9.17) is 0 Å². The van der Waals surface area contributed by atoms with Crippen LogP contribution in [0.3, 0.4) is 0 Å². The molecule has 0 saturated heterocycles. The van der Waals surface area contributed by atoms with Crippen molar-refractivity contribution < 1.29 is 0 Å². The van der Waals surface area contributed by atoms with Gasteiger partial charge in [-0.05, 0) is 63.5 Å². The smallest absolute Gasteiger partial charge is 0.0297 e. The van der Waals surface area contributed by atoms with E-state index in [-0.39, 0.29) is 0 Å². The van der Waals surface area contributed by atoms with Crippen LogP contribution in [0.25, 0.3) is 0 Å². The molecule has 1 fully saturated rings. The van der Waals surface area contributed by atoms with Crippen molar-refractivity contribution in [3.63, 3.8) is 0 Å². The van der Waals surface area contributed by atoms with Gasteiger partial charge in [0.15, 0.2) is 0 Å². The van der Waals surface area contributed by atoms with Gasteiger partial charge in [0, 0.05) is 12.1 Å². The molecule has 0 radical (unpaired) electrons. The Morgan fingerprint density at radius 3 is 2.47 bits per heavy atom. The van der Waals surface area contributed by atoms with Gasteiger partial charge in [-0.3, -0.25) is 0 Å². The van der Waals surface area contributed by atoms with Gasteiger partial charge in [-0.2, -0.15) is 0 Å². The standard InChI is InChI=1S/C18H29N/c1-5-16-8-10-17(11-9-16)19-15(4)18-12-13(2)6-7-14(18)3/h6-7,12,15-17,19H,5,8-11H2,1-4H3. The molecule has 0 aromatic heterocycles. The number of hydrogen-bond donors (Lipinski definition) is 1. The first-order valence-electron chi connectivity index (χ1n) is 7.93. The quantitative estimate of drug-likeness (QED) is 0.809. The fourth-order valence-corrected chi connectivity index (χ4v) is 3.41. The Balaban J connectivity index is 1.94. The van der Waals surface area contributed by atoms with Gasteiger partial charge in [0.2, 0.25) is 0 Å². The van der Waals surface area contributed by atoms with E-state index in [1.54, 1.807) is 0 Å². The highest BCUT2D eigenvalue weighted by atomic mass is 14.9. The second-order valence-corrected chi connectivity index (χ2v) is 6.37. The molecule has 1 aliphatic rings. The van der Waals surface area contributed by atoms with Crippen molar-refractivity contribution in [1.82, 2.24) is 5.32 Å². The van der Waals surface area contributed by atoms with Crippen LogP contribution in [0.2, 0.25) is 0 Å². The van der Waals surface area contributed by atoms with E-state index in [0.29, 0.717) is 6.04 Å². The molecule has 0 spiro atoms. The maximum Gasteiger partial charge on any atom is 0.0297 e. The molecular weight excluding hydrogens is 230 g/mol. The summed E-state index contributed by atoms with van der Waals surface area (Å²) < 4.78 is 0. The summed E-state index contributed by atoms with van der Waals surface area (Å²) in [6.07, 6.45) is 6.89. The van der Waals surface area contributed by atoms with Gasteiger partial charge in [-0.15, -0.1) is 0 Å². The molecule has 2 rings (SSSR count). The van der Waals surface area contributed by atoms with Crippen LogP contribution in [-0.4, -0.2) is 6.04 Å². The zero-order valence-corrected chi connectivity index (χ0v) is 13.0. The van der Waals surface area contributed by atoms with Crippen LogP contribution < -0.4 is 5.32 Å². The van der Waals surface area contributed by atoms with Crippen molar-refractivity contribution in [3.8, 4) is 0 Å². The molecule has 0 aliphatic heterocycles. The third-order valence-electron chi connectivity index (χ3n) is 4.81. The summed E-state index contributed by atoms with van der Waals surface area (Å²) in [5.74, 6) is 0.981. The van der Waals surface area contributed by atoms with Crippen molar-refractivity contribution in [3.05, 3.63) is 34.9 Å². The zero-order valence-electron chi connectivity index (χ0n) is 13.0. The van der Waals surface area contributed by atoms with Gasteiger partial charge < -0.3 is 5.32 Å². The Hall–Kier alpha value is -0.820. The maximum absolute atomic E-state index is 3.85. The minimum atomic E-state index is 0.475. The zero-order chi connectivity index (χ0) is 13.8. The SMILES string of the molecule is CCC1CCC(NC(C)c2cc(C)ccc2C)CC1. The van der Waals surface area contributed by atoms with Gasteiger partial charge in [-0.25, -0.2) is 0 Å². The largest absolute Gasteiger partial charge is 0.307 e. The number of benzene rings is 1. The van der Waals surface area contributed by atoms with Crippen LogP contribution in [0.15, 0.2) is 18.2 Å². The summed E-state index contributed by atoms with van der Waals surface area (Å²) in [7, 11) is 0. The van der Waals surface area contributed by atoms with Crippen molar-refractivity contribution >= 4 is 0 Å². The second kappa shape index (κ2) is 6.56. The third-order valence-corrected chi connectivity index (χ3v) is 4.81. The number of nitrogens with one attached hydrogen (secondary N) is 1. The maximum atomic E-state index is 3.85. The van der Waals surface area contributed by atoms with Crippen LogP contribution in [0, 0.1) is 19.8 Å². The van der Waals surface area contributed by atoms with E-state index in [9.17, 15) is 0 Å². The fraction of sp³-hybridized carbons (Fsp3) is 0.667. The molecule has 1 heteroatoms. The van der Waals surface area contributed by atoms with Crippen molar-refractivity contribution in [2.24, 2.45) is 5.92 Å². The summed E-state index contributed by atoms with van der Waals surface area (Å²) >= 11 is 0. The molecular formula is C18H29N. The fourth-order valence-electron chi connectivity index (χ4n) is 3.41. The van der Waals surface area contributed by atoms with Crippen LogP contribution in [0.4, 0.5) is 0 Å². The van der Waals surface area contributed by atoms with Crippen LogP contribution in [0.5, 0.6) is 0 Å². The van der Waals surface area contributed by atoms with Gasteiger partial charge >= 0.3 is 0 Å². The Morgan fingerprint density at radius 2 is 1.84 bits per heavy atom. The number of rotatable bonds is 4. The van der Waals surface area contributed by atoms with Gasteiger partial charge in [-0.1, -0.05) is 37.1 Å². The summed E-state index contributed by atoms with van der Waals surface area (Å²) in [4.78, 5) is 0. The molecule has 0 bridgehead atoms. The normalized spacial score (nSPS) is 25.3. The van der Waals surface area contributed by atoms with E-state index >= 15 is 0 Å². The molecule has 1 aromatic carbocycles. The third kappa shape index (κ3) is 3.82. The molecule has 1 N–H and O–H groups in total. The van der Waals surface area contributed by atoms with E-state index < -0.39 is 0 Å². The summed E-state index contributed by atoms with van der Waals surface area (Å²) in [5.41, 5.74) is 4.24. The summed E-state index contributed by atoms with van der Waals surface area (Å²) in [6.45, 7) is 9.05. The van der Waals surface area contributed by atoms with Crippen LogP contribution in [-0.2, 0) is 0 Å². The van der Waals surface area contributed by atoms with Crippen molar-refractivity contribution in [2.75, 3.05) is 0 Å². The van der Waals surface area contributed by atoms with Crippen LogP contribution in [0.1, 0.15) is 68.7 Å². The van der Waals surface area contributed by atoms with E-state index in [1.807, 2.05) is 0 Å². The molecule has 19 heavy (non-hydrogen) atoms. The van der Waals surface area contributed by atoms with E-state index in [2.05, 4.69) is 51.2 Å². The van der Waals surface area contributed by atoms with Crippen molar-refractivity contribution in [1.29, 1.82) is 0 Å². The first kappa shape index (κ1) is 14.6. The Bertz CT molecular complexity index is 402. The predicted octanol–water partition coefficient (Wildman–Crippen LogP) is 4.92. The lowest BCUT2D eigenvalue weighted by molar-refractivity contribution is 0.273. The molecule has 1 unspecified atom stereocenters. The molecule has 106 valence electrons.